The van der Waals surface area contributed by atoms with E-state index in [1.165, 1.54) is 49.4 Å². The molecule has 0 unspecified atom stereocenters. The molecule has 1 heterocycles. The second-order valence-electron chi connectivity index (χ2n) is 7.04. The van der Waals surface area contributed by atoms with Gasteiger partial charge >= 0.3 is 0 Å². The average Bonchev–Trinajstić information content (AvgIpc) is 3.06. The van der Waals surface area contributed by atoms with Gasteiger partial charge in [0, 0.05) is 18.2 Å². The van der Waals surface area contributed by atoms with Gasteiger partial charge in [0.15, 0.2) is 5.16 Å². The van der Waals surface area contributed by atoms with E-state index in [4.69, 9.17) is 0 Å². The SMILES string of the molecule is CCn1c(S[C@@H](C)C(=O)Nc2ccc(C)cc2)nnc1C1CCCCC1. The minimum atomic E-state index is -0.231. The molecule has 5 nitrogen and oxygen atoms in total. The number of carbonyl (C=O) groups is 1. The molecule has 1 fully saturated rings. The summed E-state index contributed by atoms with van der Waals surface area (Å²) in [5.74, 6) is 1.60. The van der Waals surface area contributed by atoms with E-state index in [0.29, 0.717) is 5.92 Å². The number of amides is 1. The topological polar surface area (TPSA) is 59.8 Å². The Bertz CT molecular complexity index is 735. The van der Waals surface area contributed by atoms with E-state index in [1.807, 2.05) is 38.1 Å². The van der Waals surface area contributed by atoms with E-state index in [-0.39, 0.29) is 11.2 Å². The van der Waals surface area contributed by atoms with Crippen LogP contribution in [0.3, 0.4) is 0 Å². The van der Waals surface area contributed by atoms with Crippen LogP contribution in [0.1, 0.15) is 63.3 Å². The third kappa shape index (κ3) is 4.47. The molecule has 0 saturated heterocycles. The van der Waals surface area contributed by atoms with Gasteiger partial charge in [0.2, 0.25) is 5.91 Å². The smallest absolute Gasteiger partial charge is 0.237 e. The predicted octanol–water partition coefficient (Wildman–Crippen LogP) is 4.77. The fourth-order valence-electron chi connectivity index (χ4n) is 3.44. The highest BCUT2D eigenvalue weighted by Gasteiger charge is 2.25. The summed E-state index contributed by atoms with van der Waals surface area (Å²) in [6.45, 7) is 6.92. The number of rotatable bonds is 6. The largest absolute Gasteiger partial charge is 0.325 e. The van der Waals surface area contributed by atoms with Crippen molar-refractivity contribution >= 4 is 23.4 Å². The fraction of sp³-hybridized carbons (Fsp3) is 0.550. The molecule has 26 heavy (non-hydrogen) atoms. The minimum absolute atomic E-state index is 0.0104. The molecule has 2 aromatic rings. The van der Waals surface area contributed by atoms with Crippen molar-refractivity contribution in [2.24, 2.45) is 0 Å². The zero-order valence-corrected chi connectivity index (χ0v) is 16.7. The fourth-order valence-corrected chi connectivity index (χ4v) is 4.36. The molecule has 3 rings (SSSR count). The van der Waals surface area contributed by atoms with Gasteiger partial charge in [-0.1, -0.05) is 48.7 Å². The summed E-state index contributed by atoms with van der Waals surface area (Å²) in [7, 11) is 0. The van der Waals surface area contributed by atoms with Gasteiger partial charge in [-0.15, -0.1) is 10.2 Å². The summed E-state index contributed by atoms with van der Waals surface area (Å²) in [4.78, 5) is 12.5. The van der Waals surface area contributed by atoms with Crippen molar-refractivity contribution in [1.82, 2.24) is 14.8 Å². The van der Waals surface area contributed by atoms with Gasteiger partial charge in [-0.05, 0) is 45.7 Å². The third-order valence-electron chi connectivity index (χ3n) is 5.00. The second-order valence-corrected chi connectivity index (χ2v) is 8.34. The molecule has 1 aliphatic rings. The Kier molecular flexibility index (Phi) is 6.35. The number of anilines is 1. The van der Waals surface area contributed by atoms with Crippen LogP contribution in [0, 0.1) is 6.92 Å². The third-order valence-corrected chi connectivity index (χ3v) is 6.08. The maximum atomic E-state index is 12.5. The van der Waals surface area contributed by atoms with Crippen molar-refractivity contribution in [2.75, 3.05) is 5.32 Å². The number of nitrogens with zero attached hydrogens (tertiary/aromatic N) is 3. The summed E-state index contributed by atoms with van der Waals surface area (Å²) in [6.07, 6.45) is 6.28. The zero-order chi connectivity index (χ0) is 18.5. The summed E-state index contributed by atoms with van der Waals surface area (Å²) in [6, 6.07) is 7.86. The summed E-state index contributed by atoms with van der Waals surface area (Å²) >= 11 is 1.49. The van der Waals surface area contributed by atoms with Gasteiger partial charge in [0.25, 0.3) is 0 Å². The van der Waals surface area contributed by atoms with E-state index >= 15 is 0 Å². The van der Waals surface area contributed by atoms with Crippen molar-refractivity contribution in [1.29, 1.82) is 0 Å². The summed E-state index contributed by atoms with van der Waals surface area (Å²) in [5, 5.41) is 12.5. The Hall–Kier alpha value is -1.82. The van der Waals surface area contributed by atoms with Gasteiger partial charge < -0.3 is 9.88 Å². The van der Waals surface area contributed by atoms with E-state index in [9.17, 15) is 4.79 Å². The number of nitrogens with one attached hydrogen (secondary N) is 1. The van der Waals surface area contributed by atoms with Gasteiger partial charge in [0.1, 0.15) is 5.82 Å². The van der Waals surface area contributed by atoms with Crippen molar-refractivity contribution in [3.05, 3.63) is 35.7 Å². The Morgan fingerprint density at radius 1 is 1.23 bits per heavy atom. The Balaban J connectivity index is 1.66. The average molecular weight is 373 g/mol. The quantitative estimate of drug-likeness (QED) is 0.742. The first kappa shape index (κ1) is 19.0. The van der Waals surface area contributed by atoms with Crippen LogP contribution in [-0.2, 0) is 11.3 Å². The van der Waals surface area contributed by atoms with E-state index in [0.717, 1.165) is 23.2 Å². The molecular weight excluding hydrogens is 344 g/mol. The lowest BCUT2D eigenvalue weighted by molar-refractivity contribution is -0.115. The van der Waals surface area contributed by atoms with Crippen LogP contribution in [0.25, 0.3) is 0 Å². The number of carbonyl (C=O) groups excluding carboxylic acids is 1. The normalized spacial score (nSPS) is 16.4. The minimum Gasteiger partial charge on any atom is -0.325 e. The standard InChI is InChI=1S/C20H28N4OS/c1-4-24-18(16-8-6-5-7-9-16)22-23-20(24)26-15(3)19(25)21-17-12-10-14(2)11-13-17/h10-13,15-16H,4-9H2,1-3H3,(H,21,25)/t15-/m0/s1. The van der Waals surface area contributed by atoms with Crippen LogP contribution in [0.2, 0.25) is 0 Å². The molecule has 1 aromatic carbocycles. The van der Waals surface area contributed by atoms with Crippen LogP contribution < -0.4 is 5.32 Å². The summed E-state index contributed by atoms with van der Waals surface area (Å²) in [5.41, 5.74) is 2.00. The van der Waals surface area contributed by atoms with Crippen molar-refractivity contribution in [3.8, 4) is 0 Å². The Labute approximate surface area is 160 Å². The number of benzene rings is 1. The monoisotopic (exact) mass is 372 g/mol. The van der Waals surface area contributed by atoms with Gasteiger partial charge in [-0.3, -0.25) is 4.79 Å². The molecule has 1 atom stereocenters. The van der Waals surface area contributed by atoms with Crippen LogP contribution >= 0.6 is 11.8 Å². The molecule has 140 valence electrons. The number of thioether (sulfide) groups is 1. The highest BCUT2D eigenvalue weighted by Crippen LogP contribution is 2.34. The Morgan fingerprint density at radius 2 is 1.92 bits per heavy atom. The number of aromatic nitrogens is 3. The molecule has 0 spiro atoms. The number of hydrogen-bond acceptors (Lipinski definition) is 4. The predicted molar refractivity (Wildman–Crippen MR) is 107 cm³/mol. The molecular formula is C20H28N4OS. The maximum Gasteiger partial charge on any atom is 0.237 e. The number of hydrogen-bond donors (Lipinski definition) is 1. The molecule has 1 saturated carbocycles. The van der Waals surface area contributed by atoms with Crippen molar-refractivity contribution in [2.45, 2.75) is 75.7 Å². The van der Waals surface area contributed by atoms with Gasteiger partial charge in [-0.2, -0.15) is 0 Å². The molecule has 1 aromatic heterocycles. The Morgan fingerprint density at radius 3 is 2.58 bits per heavy atom. The molecule has 1 aliphatic carbocycles. The second kappa shape index (κ2) is 8.71. The van der Waals surface area contributed by atoms with Crippen LogP contribution in [0.15, 0.2) is 29.4 Å². The molecule has 6 heteroatoms. The first-order valence-electron chi connectivity index (χ1n) is 9.55. The molecule has 1 N–H and O–H groups in total. The van der Waals surface area contributed by atoms with Gasteiger partial charge in [0.05, 0.1) is 5.25 Å². The lowest BCUT2D eigenvalue weighted by atomic mass is 9.89. The van der Waals surface area contributed by atoms with E-state index in [1.54, 1.807) is 0 Å². The first-order valence-corrected chi connectivity index (χ1v) is 10.4. The highest BCUT2D eigenvalue weighted by molar-refractivity contribution is 8.00. The summed E-state index contributed by atoms with van der Waals surface area (Å²) < 4.78 is 2.19. The van der Waals surface area contributed by atoms with Crippen LogP contribution in [0.5, 0.6) is 0 Å². The molecule has 0 bridgehead atoms. The molecule has 0 aliphatic heterocycles. The van der Waals surface area contributed by atoms with E-state index in [2.05, 4.69) is 27.0 Å². The zero-order valence-electron chi connectivity index (χ0n) is 15.9. The highest BCUT2D eigenvalue weighted by atomic mass is 32.2. The lowest BCUT2D eigenvalue weighted by Gasteiger charge is -2.21. The first-order chi connectivity index (χ1) is 12.6. The van der Waals surface area contributed by atoms with Crippen molar-refractivity contribution < 1.29 is 4.79 Å². The lowest BCUT2D eigenvalue weighted by Crippen LogP contribution is -2.23. The molecule has 0 radical (unpaired) electrons. The number of aryl methyl sites for hydroxylation is 1. The maximum absolute atomic E-state index is 12.5. The van der Waals surface area contributed by atoms with Gasteiger partial charge in [-0.25, -0.2) is 0 Å². The van der Waals surface area contributed by atoms with Crippen LogP contribution in [-0.4, -0.2) is 25.9 Å². The van der Waals surface area contributed by atoms with Crippen molar-refractivity contribution in [3.63, 3.8) is 0 Å². The van der Waals surface area contributed by atoms with Crippen LogP contribution in [0.4, 0.5) is 5.69 Å². The van der Waals surface area contributed by atoms with E-state index < -0.39 is 0 Å². The molecule has 1 amide bonds.